The highest BCUT2D eigenvalue weighted by atomic mass is 16.5. The smallest absolute Gasteiger partial charge is 0.0590 e. The standard InChI is InChI=1S/C12H25NO2/c1-2-3-8-15-9-7-13-10-11-5-4-6-12(11)14/h11-14H,2-10H2,1H3. The molecule has 1 rings (SSSR count). The van der Waals surface area contributed by atoms with Gasteiger partial charge in [-0.2, -0.15) is 0 Å². The van der Waals surface area contributed by atoms with Gasteiger partial charge >= 0.3 is 0 Å². The maximum absolute atomic E-state index is 9.59. The second-order valence-corrected chi connectivity index (χ2v) is 4.43. The monoisotopic (exact) mass is 215 g/mol. The van der Waals surface area contributed by atoms with Crippen LogP contribution in [0.2, 0.25) is 0 Å². The molecular formula is C12H25NO2. The average molecular weight is 215 g/mol. The summed E-state index contributed by atoms with van der Waals surface area (Å²) in [5.74, 6) is 0.473. The van der Waals surface area contributed by atoms with Gasteiger partial charge in [-0.15, -0.1) is 0 Å². The van der Waals surface area contributed by atoms with Crippen molar-refractivity contribution in [1.82, 2.24) is 5.32 Å². The van der Waals surface area contributed by atoms with Crippen LogP contribution in [-0.4, -0.2) is 37.5 Å². The van der Waals surface area contributed by atoms with Crippen LogP contribution in [0.4, 0.5) is 0 Å². The first-order chi connectivity index (χ1) is 7.34. The number of nitrogens with one attached hydrogen (secondary N) is 1. The van der Waals surface area contributed by atoms with Crippen molar-refractivity contribution in [3.63, 3.8) is 0 Å². The summed E-state index contributed by atoms with van der Waals surface area (Å²) in [6, 6.07) is 0. The van der Waals surface area contributed by atoms with Gasteiger partial charge in [0.2, 0.25) is 0 Å². The second kappa shape index (κ2) is 8.08. The molecule has 0 radical (unpaired) electrons. The number of ether oxygens (including phenoxy) is 1. The fourth-order valence-corrected chi connectivity index (χ4v) is 2.04. The van der Waals surface area contributed by atoms with Gasteiger partial charge in [-0.1, -0.05) is 19.8 Å². The van der Waals surface area contributed by atoms with Crippen LogP contribution in [0.15, 0.2) is 0 Å². The zero-order valence-corrected chi connectivity index (χ0v) is 9.87. The lowest BCUT2D eigenvalue weighted by atomic mass is 10.1. The quantitative estimate of drug-likeness (QED) is 0.604. The van der Waals surface area contributed by atoms with E-state index in [0.29, 0.717) is 5.92 Å². The van der Waals surface area contributed by atoms with Crippen LogP contribution in [0, 0.1) is 5.92 Å². The highest BCUT2D eigenvalue weighted by molar-refractivity contribution is 4.77. The first kappa shape index (κ1) is 12.9. The molecule has 0 spiro atoms. The molecule has 2 N–H and O–H groups in total. The van der Waals surface area contributed by atoms with E-state index in [9.17, 15) is 5.11 Å². The highest BCUT2D eigenvalue weighted by Gasteiger charge is 2.24. The van der Waals surface area contributed by atoms with Crippen LogP contribution in [0.3, 0.4) is 0 Å². The Morgan fingerprint density at radius 2 is 2.20 bits per heavy atom. The third-order valence-electron chi connectivity index (χ3n) is 3.09. The van der Waals surface area contributed by atoms with E-state index in [1.807, 2.05) is 0 Å². The molecule has 1 fully saturated rings. The molecule has 0 amide bonds. The Balaban J connectivity index is 1.84. The molecule has 0 aromatic carbocycles. The van der Waals surface area contributed by atoms with Crippen LogP contribution in [0.5, 0.6) is 0 Å². The minimum Gasteiger partial charge on any atom is -0.393 e. The van der Waals surface area contributed by atoms with Gasteiger partial charge in [0.05, 0.1) is 12.7 Å². The van der Waals surface area contributed by atoms with Crippen molar-refractivity contribution in [2.75, 3.05) is 26.3 Å². The fourth-order valence-electron chi connectivity index (χ4n) is 2.04. The number of aliphatic hydroxyl groups is 1. The van der Waals surface area contributed by atoms with E-state index in [1.54, 1.807) is 0 Å². The Kier molecular flexibility index (Phi) is 6.98. The molecule has 0 aliphatic heterocycles. The molecule has 0 saturated heterocycles. The van der Waals surface area contributed by atoms with Gasteiger partial charge in [-0.25, -0.2) is 0 Å². The summed E-state index contributed by atoms with van der Waals surface area (Å²) in [6.07, 6.45) is 5.62. The lowest BCUT2D eigenvalue weighted by molar-refractivity contribution is 0.118. The van der Waals surface area contributed by atoms with E-state index in [1.165, 1.54) is 19.3 Å². The average Bonchev–Trinajstić information content (AvgIpc) is 2.63. The van der Waals surface area contributed by atoms with Crippen LogP contribution < -0.4 is 5.32 Å². The molecule has 0 aromatic heterocycles. The van der Waals surface area contributed by atoms with Crippen molar-refractivity contribution in [2.24, 2.45) is 5.92 Å². The molecule has 1 aliphatic rings. The van der Waals surface area contributed by atoms with E-state index < -0.39 is 0 Å². The Bertz CT molecular complexity index is 153. The highest BCUT2D eigenvalue weighted by Crippen LogP contribution is 2.24. The summed E-state index contributed by atoms with van der Waals surface area (Å²) in [7, 11) is 0. The molecule has 15 heavy (non-hydrogen) atoms. The van der Waals surface area contributed by atoms with E-state index >= 15 is 0 Å². The van der Waals surface area contributed by atoms with E-state index in [2.05, 4.69) is 12.2 Å². The number of hydrogen-bond acceptors (Lipinski definition) is 3. The van der Waals surface area contributed by atoms with Gasteiger partial charge in [0.25, 0.3) is 0 Å². The predicted molar refractivity (Wildman–Crippen MR) is 61.9 cm³/mol. The van der Waals surface area contributed by atoms with E-state index in [0.717, 1.165) is 39.1 Å². The predicted octanol–water partition coefficient (Wildman–Crippen LogP) is 1.55. The zero-order valence-electron chi connectivity index (χ0n) is 9.87. The van der Waals surface area contributed by atoms with Crippen molar-refractivity contribution >= 4 is 0 Å². The molecule has 2 unspecified atom stereocenters. The molecular weight excluding hydrogens is 190 g/mol. The van der Waals surface area contributed by atoms with Gasteiger partial charge in [0, 0.05) is 19.7 Å². The van der Waals surface area contributed by atoms with Crippen LogP contribution >= 0.6 is 0 Å². The minimum atomic E-state index is -0.0708. The molecule has 0 bridgehead atoms. The maximum Gasteiger partial charge on any atom is 0.0590 e. The second-order valence-electron chi connectivity index (χ2n) is 4.43. The molecule has 90 valence electrons. The van der Waals surface area contributed by atoms with E-state index in [-0.39, 0.29) is 6.10 Å². The van der Waals surface area contributed by atoms with Gasteiger partial charge in [0.1, 0.15) is 0 Å². The normalized spacial score (nSPS) is 26.0. The number of rotatable bonds is 8. The van der Waals surface area contributed by atoms with Crippen molar-refractivity contribution in [3.8, 4) is 0 Å². The lowest BCUT2D eigenvalue weighted by Gasteiger charge is -2.14. The Labute approximate surface area is 93.2 Å². The third kappa shape index (κ3) is 5.50. The maximum atomic E-state index is 9.59. The summed E-state index contributed by atoms with van der Waals surface area (Å²) in [5.41, 5.74) is 0. The summed E-state index contributed by atoms with van der Waals surface area (Å²) in [5, 5.41) is 12.9. The fraction of sp³-hybridized carbons (Fsp3) is 1.00. The topological polar surface area (TPSA) is 41.5 Å². The molecule has 1 aliphatic carbocycles. The number of hydrogen-bond donors (Lipinski definition) is 2. The molecule has 0 heterocycles. The Morgan fingerprint density at radius 3 is 2.87 bits per heavy atom. The molecule has 3 heteroatoms. The SMILES string of the molecule is CCCCOCCNCC1CCCC1O. The van der Waals surface area contributed by atoms with Gasteiger partial charge in [-0.05, 0) is 25.2 Å². The lowest BCUT2D eigenvalue weighted by Crippen LogP contribution is -2.30. The van der Waals surface area contributed by atoms with Crippen molar-refractivity contribution in [3.05, 3.63) is 0 Å². The van der Waals surface area contributed by atoms with Crippen LogP contribution in [0.25, 0.3) is 0 Å². The van der Waals surface area contributed by atoms with Crippen molar-refractivity contribution in [2.45, 2.75) is 45.1 Å². The summed E-state index contributed by atoms with van der Waals surface area (Å²) < 4.78 is 5.44. The first-order valence-electron chi connectivity index (χ1n) is 6.31. The summed E-state index contributed by atoms with van der Waals surface area (Å²) in [4.78, 5) is 0. The van der Waals surface area contributed by atoms with Gasteiger partial charge < -0.3 is 15.2 Å². The van der Waals surface area contributed by atoms with Crippen LogP contribution in [-0.2, 0) is 4.74 Å². The largest absolute Gasteiger partial charge is 0.393 e. The molecule has 2 atom stereocenters. The van der Waals surface area contributed by atoms with E-state index in [4.69, 9.17) is 4.74 Å². The summed E-state index contributed by atoms with van der Waals surface area (Å²) in [6.45, 7) is 5.70. The first-order valence-corrected chi connectivity index (χ1v) is 6.31. The summed E-state index contributed by atoms with van der Waals surface area (Å²) >= 11 is 0. The Hall–Kier alpha value is -0.120. The zero-order chi connectivity index (χ0) is 10.9. The van der Waals surface area contributed by atoms with Gasteiger partial charge in [0.15, 0.2) is 0 Å². The number of unbranched alkanes of at least 4 members (excludes halogenated alkanes) is 1. The van der Waals surface area contributed by atoms with Crippen molar-refractivity contribution in [1.29, 1.82) is 0 Å². The van der Waals surface area contributed by atoms with Gasteiger partial charge in [-0.3, -0.25) is 0 Å². The number of aliphatic hydroxyl groups excluding tert-OH is 1. The molecule has 3 nitrogen and oxygen atoms in total. The van der Waals surface area contributed by atoms with Crippen molar-refractivity contribution < 1.29 is 9.84 Å². The molecule has 1 saturated carbocycles. The third-order valence-corrected chi connectivity index (χ3v) is 3.09. The van der Waals surface area contributed by atoms with Crippen LogP contribution in [0.1, 0.15) is 39.0 Å². The molecule has 0 aromatic rings. The Morgan fingerprint density at radius 1 is 1.33 bits per heavy atom. The minimum absolute atomic E-state index is 0.0708.